The molecule has 8 heavy (non-hydrogen) atoms. The lowest BCUT2D eigenvalue weighted by Crippen LogP contribution is -2.16. The molecule has 0 rings (SSSR count). The second-order valence-corrected chi connectivity index (χ2v) is 1.78. The summed E-state index contributed by atoms with van der Waals surface area (Å²) in [5.74, 6) is 0.145. The Kier molecular flexibility index (Phi) is 4.32. The number of amides is 1. The lowest BCUT2D eigenvalue weighted by atomic mass is 10.2. The highest BCUT2D eigenvalue weighted by molar-refractivity contribution is 5.75. The smallest absolute Gasteiger partial charge is 0.219 e. The molecule has 2 nitrogen and oxygen atoms in total. The second kappa shape index (κ2) is 4.62. The van der Waals surface area contributed by atoms with E-state index in [1.54, 1.807) is 7.05 Å². The first kappa shape index (κ1) is 7.47. The number of hydrogen-bond donors (Lipinski definition) is 1. The van der Waals surface area contributed by atoms with E-state index < -0.39 is 0 Å². The molecule has 0 heterocycles. The van der Waals surface area contributed by atoms with Crippen molar-refractivity contribution in [3.63, 3.8) is 0 Å². The summed E-state index contributed by atoms with van der Waals surface area (Å²) in [4.78, 5) is 10.5. The third-order valence-electron chi connectivity index (χ3n) is 1.04. The Morgan fingerprint density at radius 3 is 2.62 bits per heavy atom. The number of carbonyl (C=O) groups excluding carboxylic acids is 1. The number of rotatable bonds is 3. The van der Waals surface area contributed by atoms with Crippen molar-refractivity contribution in [2.24, 2.45) is 0 Å². The first-order chi connectivity index (χ1) is 3.81. The van der Waals surface area contributed by atoms with Crippen molar-refractivity contribution in [3.05, 3.63) is 0 Å². The SMILES string of the molecule is CCCCC(=O)NC. The van der Waals surface area contributed by atoms with Crippen molar-refractivity contribution in [1.29, 1.82) is 0 Å². The molecule has 0 radical (unpaired) electrons. The van der Waals surface area contributed by atoms with Crippen LogP contribution in [0.2, 0.25) is 0 Å². The van der Waals surface area contributed by atoms with Gasteiger partial charge in [0.15, 0.2) is 0 Å². The standard InChI is InChI=1S/C6H13NO/c1-3-4-5-6(8)7-2/h3-5H2,1-2H3,(H,7,8). The molecular weight excluding hydrogens is 102 g/mol. The highest BCUT2D eigenvalue weighted by atomic mass is 16.1. The summed E-state index contributed by atoms with van der Waals surface area (Å²) in [6.07, 6.45) is 2.76. The van der Waals surface area contributed by atoms with E-state index in [1.807, 2.05) is 0 Å². The van der Waals surface area contributed by atoms with Crippen molar-refractivity contribution in [2.45, 2.75) is 26.2 Å². The minimum atomic E-state index is 0.145. The van der Waals surface area contributed by atoms with Crippen LogP contribution < -0.4 is 5.32 Å². The fourth-order valence-corrected chi connectivity index (χ4v) is 0.462. The molecule has 0 saturated heterocycles. The van der Waals surface area contributed by atoms with E-state index in [4.69, 9.17) is 0 Å². The van der Waals surface area contributed by atoms with E-state index in [2.05, 4.69) is 12.2 Å². The predicted octanol–water partition coefficient (Wildman–Crippen LogP) is 0.923. The van der Waals surface area contributed by atoms with Gasteiger partial charge < -0.3 is 5.32 Å². The first-order valence-corrected chi connectivity index (χ1v) is 3.01. The first-order valence-electron chi connectivity index (χ1n) is 3.01. The van der Waals surface area contributed by atoms with Crippen LogP contribution in [0.4, 0.5) is 0 Å². The lowest BCUT2D eigenvalue weighted by molar-refractivity contribution is -0.120. The molecule has 2 heteroatoms. The van der Waals surface area contributed by atoms with Gasteiger partial charge in [-0.3, -0.25) is 4.79 Å². The fraction of sp³-hybridized carbons (Fsp3) is 0.833. The summed E-state index contributed by atoms with van der Waals surface area (Å²) < 4.78 is 0. The Morgan fingerprint density at radius 1 is 1.62 bits per heavy atom. The lowest BCUT2D eigenvalue weighted by Gasteiger charge is -1.94. The average Bonchev–Trinajstić information content (AvgIpc) is 1.83. The van der Waals surface area contributed by atoms with Crippen LogP contribution in [0.1, 0.15) is 26.2 Å². The van der Waals surface area contributed by atoms with Crippen molar-refractivity contribution in [3.8, 4) is 0 Å². The van der Waals surface area contributed by atoms with Gasteiger partial charge in [0.2, 0.25) is 5.91 Å². The summed E-state index contributed by atoms with van der Waals surface area (Å²) in [7, 11) is 1.66. The molecule has 0 unspecified atom stereocenters. The summed E-state index contributed by atoms with van der Waals surface area (Å²) >= 11 is 0. The van der Waals surface area contributed by atoms with Gasteiger partial charge in [-0.25, -0.2) is 0 Å². The monoisotopic (exact) mass is 115 g/mol. The molecular formula is C6H13NO. The van der Waals surface area contributed by atoms with E-state index in [0.717, 1.165) is 12.8 Å². The van der Waals surface area contributed by atoms with Gasteiger partial charge in [-0.15, -0.1) is 0 Å². The molecule has 48 valence electrons. The minimum Gasteiger partial charge on any atom is -0.359 e. The van der Waals surface area contributed by atoms with Gasteiger partial charge in [0.25, 0.3) is 0 Å². The molecule has 0 bridgehead atoms. The Labute approximate surface area is 50.3 Å². The average molecular weight is 115 g/mol. The molecule has 0 atom stereocenters. The molecule has 0 aromatic rings. The van der Waals surface area contributed by atoms with Crippen LogP contribution in [0.25, 0.3) is 0 Å². The van der Waals surface area contributed by atoms with E-state index >= 15 is 0 Å². The molecule has 0 aromatic carbocycles. The Morgan fingerprint density at radius 2 is 2.25 bits per heavy atom. The Bertz CT molecular complexity index is 70.9. The molecule has 0 aromatic heterocycles. The van der Waals surface area contributed by atoms with E-state index in [-0.39, 0.29) is 5.91 Å². The zero-order valence-electron chi connectivity index (χ0n) is 5.53. The summed E-state index contributed by atoms with van der Waals surface area (Å²) in [6.45, 7) is 2.07. The van der Waals surface area contributed by atoms with Crippen molar-refractivity contribution in [2.75, 3.05) is 7.05 Å². The predicted molar refractivity (Wildman–Crippen MR) is 33.6 cm³/mol. The maximum atomic E-state index is 10.5. The summed E-state index contributed by atoms with van der Waals surface area (Å²) in [6, 6.07) is 0. The summed E-state index contributed by atoms with van der Waals surface area (Å²) in [5.41, 5.74) is 0. The van der Waals surface area contributed by atoms with Crippen molar-refractivity contribution >= 4 is 5.91 Å². The maximum absolute atomic E-state index is 10.5. The van der Waals surface area contributed by atoms with Crippen molar-refractivity contribution < 1.29 is 4.79 Å². The van der Waals surface area contributed by atoms with Gasteiger partial charge in [-0.2, -0.15) is 0 Å². The fourth-order valence-electron chi connectivity index (χ4n) is 0.462. The zero-order chi connectivity index (χ0) is 6.41. The van der Waals surface area contributed by atoms with Gasteiger partial charge in [-0.05, 0) is 6.42 Å². The molecule has 0 saturated carbocycles. The number of hydrogen-bond acceptors (Lipinski definition) is 1. The third kappa shape index (κ3) is 3.65. The van der Waals surface area contributed by atoms with Crippen LogP contribution in [-0.4, -0.2) is 13.0 Å². The second-order valence-electron chi connectivity index (χ2n) is 1.78. The Hall–Kier alpha value is -0.530. The third-order valence-corrected chi connectivity index (χ3v) is 1.04. The molecule has 0 aliphatic rings. The van der Waals surface area contributed by atoms with Gasteiger partial charge in [0.1, 0.15) is 0 Å². The largest absolute Gasteiger partial charge is 0.359 e. The van der Waals surface area contributed by atoms with Crippen LogP contribution >= 0.6 is 0 Å². The molecule has 0 spiro atoms. The molecule has 1 N–H and O–H groups in total. The number of carbonyl (C=O) groups is 1. The minimum absolute atomic E-state index is 0.145. The van der Waals surface area contributed by atoms with Gasteiger partial charge >= 0.3 is 0 Å². The molecule has 1 amide bonds. The van der Waals surface area contributed by atoms with Crippen LogP contribution in [-0.2, 0) is 4.79 Å². The zero-order valence-corrected chi connectivity index (χ0v) is 5.53. The van der Waals surface area contributed by atoms with Gasteiger partial charge in [-0.1, -0.05) is 13.3 Å². The maximum Gasteiger partial charge on any atom is 0.219 e. The Balaban J connectivity index is 2.99. The molecule has 0 aliphatic heterocycles. The van der Waals surface area contributed by atoms with Gasteiger partial charge in [0.05, 0.1) is 0 Å². The highest BCUT2D eigenvalue weighted by Gasteiger charge is 1.92. The van der Waals surface area contributed by atoms with Gasteiger partial charge in [0, 0.05) is 13.5 Å². The number of nitrogens with one attached hydrogen (secondary N) is 1. The highest BCUT2D eigenvalue weighted by Crippen LogP contribution is 1.91. The van der Waals surface area contributed by atoms with E-state index in [0.29, 0.717) is 6.42 Å². The molecule has 0 fully saturated rings. The van der Waals surface area contributed by atoms with Crippen LogP contribution in [0, 0.1) is 0 Å². The normalized spacial score (nSPS) is 8.75. The van der Waals surface area contributed by atoms with E-state index in [9.17, 15) is 4.79 Å². The topological polar surface area (TPSA) is 29.1 Å². The van der Waals surface area contributed by atoms with Crippen LogP contribution in [0.15, 0.2) is 0 Å². The van der Waals surface area contributed by atoms with Crippen LogP contribution in [0.5, 0.6) is 0 Å². The molecule has 0 aliphatic carbocycles. The van der Waals surface area contributed by atoms with Crippen molar-refractivity contribution in [1.82, 2.24) is 5.32 Å². The quantitative estimate of drug-likeness (QED) is 0.582. The van der Waals surface area contributed by atoms with E-state index in [1.165, 1.54) is 0 Å². The van der Waals surface area contributed by atoms with Crippen LogP contribution in [0.3, 0.4) is 0 Å². The number of unbranched alkanes of at least 4 members (excludes halogenated alkanes) is 1. The summed E-state index contributed by atoms with van der Waals surface area (Å²) in [5, 5.41) is 2.56.